The minimum Gasteiger partial charge on any atom is -0.338 e. The van der Waals surface area contributed by atoms with Crippen molar-refractivity contribution in [1.82, 2.24) is 19.6 Å². The Hall–Kier alpha value is -3.19. The molecule has 7 nitrogen and oxygen atoms in total. The van der Waals surface area contributed by atoms with Crippen molar-refractivity contribution in [3.63, 3.8) is 0 Å². The fourth-order valence-electron chi connectivity index (χ4n) is 5.55. The second-order valence-corrected chi connectivity index (χ2v) is 11.8. The monoisotopic (exact) mass is 502 g/mol. The summed E-state index contributed by atoms with van der Waals surface area (Å²) in [5.41, 5.74) is 3.79. The predicted octanol–water partition coefficient (Wildman–Crippen LogP) is 3.29. The fraction of sp³-hybridized carbons (Fsp3) is 0.500. The molecule has 7 heteroatoms. The number of rotatable bonds is 4. The van der Waals surface area contributed by atoms with Crippen LogP contribution in [-0.4, -0.2) is 89.2 Å². The number of hydrogen-bond donors (Lipinski definition) is 0. The van der Waals surface area contributed by atoms with Crippen molar-refractivity contribution in [3.8, 4) is 0 Å². The average Bonchev–Trinajstić information content (AvgIpc) is 2.86. The zero-order chi connectivity index (χ0) is 26.2. The van der Waals surface area contributed by atoms with Gasteiger partial charge in [0.15, 0.2) is 0 Å². The van der Waals surface area contributed by atoms with Gasteiger partial charge in [-0.15, -0.1) is 0 Å². The van der Waals surface area contributed by atoms with Gasteiger partial charge in [-0.2, -0.15) is 0 Å². The standard InChI is InChI=1S/C30H38N4O3/c1-30(2,3)18-27(35)33-12-11-23-17-24(9-10-25(23)19-33)29(37)34-20-26(21-34)31-13-15-32(16-14-31)28(36)22-7-5-4-6-8-22/h4-10,17,26H,11-16,18-21H2,1-3H3. The first-order valence-electron chi connectivity index (χ1n) is 13.5. The number of nitrogens with zero attached hydrogens (tertiary/aromatic N) is 4. The lowest BCUT2D eigenvalue weighted by molar-refractivity contribution is -0.134. The molecule has 3 amide bonds. The number of piperazine rings is 1. The molecule has 5 rings (SSSR count). The lowest BCUT2D eigenvalue weighted by Crippen LogP contribution is -2.64. The molecule has 0 aromatic heterocycles. The smallest absolute Gasteiger partial charge is 0.253 e. The molecule has 0 atom stereocenters. The summed E-state index contributed by atoms with van der Waals surface area (Å²) < 4.78 is 0. The van der Waals surface area contributed by atoms with E-state index in [4.69, 9.17) is 0 Å². The summed E-state index contributed by atoms with van der Waals surface area (Å²) >= 11 is 0. The Morgan fingerprint density at radius 3 is 2.11 bits per heavy atom. The van der Waals surface area contributed by atoms with Crippen LogP contribution in [-0.2, 0) is 17.8 Å². The van der Waals surface area contributed by atoms with Gasteiger partial charge < -0.3 is 14.7 Å². The summed E-state index contributed by atoms with van der Waals surface area (Å²) in [6.45, 7) is 12.2. The molecule has 0 aliphatic carbocycles. The van der Waals surface area contributed by atoms with Gasteiger partial charge in [0.05, 0.1) is 0 Å². The van der Waals surface area contributed by atoms with Crippen LogP contribution in [0.4, 0.5) is 0 Å². The lowest BCUT2D eigenvalue weighted by Gasteiger charge is -2.48. The second kappa shape index (κ2) is 10.3. The van der Waals surface area contributed by atoms with Crippen LogP contribution < -0.4 is 0 Å². The summed E-state index contributed by atoms with van der Waals surface area (Å²) in [5.74, 6) is 0.387. The molecule has 0 N–H and O–H groups in total. The molecule has 2 saturated heterocycles. The Balaban J connectivity index is 1.11. The normalized spacial score (nSPS) is 18.8. The van der Waals surface area contributed by atoms with E-state index < -0.39 is 0 Å². The number of amides is 3. The SMILES string of the molecule is CC(C)(C)CC(=O)N1CCc2cc(C(=O)N3CC(N4CCN(C(=O)c5ccccc5)CC4)C3)ccc2C1. The van der Waals surface area contributed by atoms with Gasteiger partial charge in [-0.3, -0.25) is 19.3 Å². The lowest BCUT2D eigenvalue weighted by atomic mass is 9.90. The fourth-order valence-corrected chi connectivity index (χ4v) is 5.55. The van der Waals surface area contributed by atoms with Crippen LogP contribution in [0.2, 0.25) is 0 Å². The molecule has 3 heterocycles. The van der Waals surface area contributed by atoms with Gasteiger partial charge in [0.1, 0.15) is 0 Å². The third kappa shape index (κ3) is 5.72. The Labute approximate surface area is 220 Å². The molecule has 0 unspecified atom stereocenters. The third-order valence-corrected chi connectivity index (χ3v) is 7.79. The molecule has 0 saturated carbocycles. The summed E-state index contributed by atoms with van der Waals surface area (Å²) in [6, 6.07) is 15.8. The van der Waals surface area contributed by atoms with Crippen LogP contribution in [0.25, 0.3) is 0 Å². The molecule has 2 aromatic rings. The van der Waals surface area contributed by atoms with E-state index in [1.807, 2.05) is 63.2 Å². The van der Waals surface area contributed by atoms with E-state index in [1.54, 1.807) is 0 Å². The second-order valence-electron chi connectivity index (χ2n) is 11.8. The van der Waals surface area contributed by atoms with Gasteiger partial charge in [0, 0.05) is 75.9 Å². The molecule has 3 aliphatic rings. The van der Waals surface area contributed by atoms with E-state index >= 15 is 0 Å². The topological polar surface area (TPSA) is 64.2 Å². The largest absolute Gasteiger partial charge is 0.338 e. The number of hydrogen-bond acceptors (Lipinski definition) is 4. The Morgan fingerprint density at radius 1 is 0.757 bits per heavy atom. The zero-order valence-electron chi connectivity index (χ0n) is 22.3. The summed E-state index contributed by atoms with van der Waals surface area (Å²) in [4.78, 5) is 46.7. The van der Waals surface area contributed by atoms with Gasteiger partial charge >= 0.3 is 0 Å². The van der Waals surface area contributed by atoms with Crippen molar-refractivity contribution in [2.24, 2.45) is 5.41 Å². The highest BCUT2D eigenvalue weighted by Gasteiger charge is 2.37. The van der Waals surface area contributed by atoms with Crippen LogP contribution in [0, 0.1) is 5.41 Å². The molecule has 3 aliphatic heterocycles. The van der Waals surface area contributed by atoms with Crippen molar-refractivity contribution in [2.75, 3.05) is 45.8 Å². The number of fused-ring (bicyclic) bond motifs is 1. The minimum atomic E-state index is -0.0180. The van der Waals surface area contributed by atoms with Gasteiger partial charge in [-0.25, -0.2) is 0 Å². The number of benzene rings is 2. The number of carbonyl (C=O) groups is 3. The maximum atomic E-state index is 13.2. The van der Waals surface area contributed by atoms with Gasteiger partial charge in [-0.05, 0) is 47.2 Å². The quantitative estimate of drug-likeness (QED) is 0.644. The van der Waals surface area contributed by atoms with Crippen molar-refractivity contribution in [2.45, 2.75) is 46.2 Å². The summed E-state index contributed by atoms with van der Waals surface area (Å²) in [7, 11) is 0. The first-order valence-corrected chi connectivity index (χ1v) is 13.5. The maximum Gasteiger partial charge on any atom is 0.253 e. The van der Waals surface area contributed by atoms with Crippen LogP contribution in [0.15, 0.2) is 48.5 Å². The van der Waals surface area contributed by atoms with Gasteiger partial charge in [-0.1, -0.05) is 45.0 Å². The third-order valence-electron chi connectivity index (χ3n) is 7.79. The van der Waals surface area contributed by atoms with Crippen molar-refractivity contribution in [3.05, 3.63) is 70.8 Å². The molecular formula is C30H38N4O3. The summed E-state index contributed by atoms with van der Waals surface area (Å²) in [6.07, 6.45) is 1.34. The number of likely N-dealkylation sites (tertiary alicyclic amines) is 1. The molecule has 2 aromatic carbocycles. The Kier molecular flexibility index (Phi) is 7.08. The van der Waals surface area contributed by atoms with Crippen LogP contribution >= 0.6 is 0 Å². The molecule has 2 fully saturated rings. The van der Waals surface area contributed by atoms with E-state index in [1.165, 1.54) is 5.56 Å². The van der Waals surface area contributed by atoms with Crippen molar-refractivity contribution < 1.29 is 14.4 Å². The van der Waals surface area contributed by atoms with Crippen molar-refractivity contribution in [1.29, 1.82) is 0 Å². The van der Waals surface area contributed by atoms with Gasteiger partial charge in [0.25, 0.3) is 11.8 Å². The summed E-state index contributed by atoms with van der Waals surface area (Å²) in [5, 5.41) is 0. The predicted molar refractivity (Wildman–Crippen MR) is 143 cm³/mol. The molecule has 0 bridgehead atoms. The van der Waals surface area contributed by atoms with E-state index in [0.717, 1.165) is 62.4 Å². The highest BCUT2D eigenvalue weighted by molar-refractivity contribution is 5.95. The Morgan fingerprint density at radius 2 is 1.43 bits per heavy atom. The molecule has 0 spiro atoms. The molecule has 0 radical (unpaired) electrons. The highest BCUT2D eigenvalue weighted by Crippen LogP contribution is 2.26. The van der Waals surface area contributed by atoms with Crippen molar-refractivity contribution >= 4 is 17.7 Å². The van der Waals surface area contributed by atoms with E-state index in [2.05, 4.69) is 25.7 Å². The first-order chi connectivity index (χ1) is 17.7. The number of carbonyl (C=O) groups excluding carboxylic acids is 3. The molecular weight excluding hydrogens is 464 g/mol. The van der Waals surface area contributed by atoms with Crippen LogP contribution in [0.3, 0.4) is 0 Å². The zero-order valence-corrected chi connectivity index (χ0v) is 22.3. The van der Waals surface area contributed by atoms with Crippen LogP contribution in [0.5, 0.6) is 0 Å². The van der Waals surface area contributed by atoms with Crippen LogP contribution in [0.1, 0.15) is 59.0 Å². The molecule has 37 heavy (non-hydrogen) atoms. The highest BCUT2D eigenvalue weighted by atomic mass is 16.2. The average molecular weight is 503 g/mol. The van der Waals surface area contributed by atoms with E-state index in [0.29, 0.717) is 25.6 Å². The Bertz CT molecular complexity index is 1160. The maximum absolute atomic E-state index is 13.2. The molecule has 196 valence electrons. The van der Waals surface area contributed by atoms with E-state index in [-0.39, 0.29) is 23.1 Å². The first kappa shape index (κ1) is 25.5. The van der Waals surface area contributed by atoms with E-state index in [9.17, 15) is 14.4 Å². The van der Waals surface area contributed by atoms with Gasteiger partial charge in [0.2, 0.25) is 5.91 Å². The minimum absolute atomic E-state index is 0.0180.